The van der Waals surface area contributed by atoms with Gasteiger partial charge < -0.3 is 4.74 Å². The van der Waals surface area contributed by atoms with Crippen molar-refractivity contribution in [2.45, 2.75) is 38.5 Å². The van der Waals surface area contributed by atoms with E-state index < -0.39 is 11.9 Å². The van der Waals surface area contributed by atoms with Gasteiger partial charge in [-0.2, -0.15) is 0 Å². The van der Waals surface area contributed by atoms with Gasteiger partial charge in [-0.05, 0) is 18.8 Å². The van der Waals surface area contributed by atoms with Crippen LogP contribution in [-0.2, 0) is 19.1 Å². The molecule has 1 rings (SSSR count). The number of hydrogen-bond acceptors (Lipinski definition) is 4. The molecule has 0 heterocycles. The third kappa shape index (κ3) is 3.69. The molecule has 1 aliphatic carbocycles. The molecule has 1 aliphatic rings. The number of terminal acetylenes is 1. The summed E-state index contributed by atoms with van der Waals surface area (Å²) in [6.45, 7) is 0. The zero-order valence-corrected chi connectivity index (χ0v) is 10.6. The Morgan fingerprint density at radius 3 is 2.83 bits per heavy atom. The Kier molecular flexibility index (Phi) is 5.57. The molecule has 0 spiro atoms. The van der Waals surface area contributed by atoms with Gasteiger partial charge in [0.1, 0.15) is 17.5 Å². The first-order valence-corrected chi connectivity index (χ1v) is 6.15. The van der Waals surface area contributed by atoms with E-state index in [4.69, 9.17) is 6.42 Å². The van der Waals surface area contributed by atoms with Gasteiger partial charge in [0.15, 0.2) is 0 Å². The van der Waals surface area contributed by atoms with Crippen molar-refractivity contribution < 1.29 is 19.1 Å². The van der Waals surface area contributed by atoms with E-state index in [2.05, 4.69) is 10.7 Å². The normalized spacial score (nSPS) is 20.9. The average Bonchev–Trinajstić information content (AvgIpc) is 2.36. The molecule has 0 aliphatic heterocycles. The second-order valence-corrected chi connectivity index (χ2v) is 4.57. The lowest BCUT2D eigenvalue weighted by atomic mass is 9.77. The van der Waals surface area contributed by atoms with Crippen LogP contribution in [0.25, 0.3) is 0 Å². The third-order valence-electron chi connectivity index (χ3n) is 3.31. The predicted octanol–water partition coefficient (Wildman–Crippen LogP) is 1.52. The molecule has 0 bridgehead atoms. The van der Waals surface area contributed by atoms with Crippen molar-refractivity contribution >= 4 is 17.5 Å². The largest absolute Gasteiger partial charge is 0.468 e. The van der Waals surface area contributed by atoms with Gasteiger partial charge in [0, 0.05) is 25.7 Å². The summed E-state index contributed by atoms with van der Waals surface area (Å²) in [5.41, 5.74) is 0. The Morgan fingerprint density at radius 1 is 1.56 bits per heavy atom. The molecule has 98 valence electrons. The van der Waals surface area contributed by atoms with Gasteiger partial charge in [0.25, 0.3) is 0 Å². The summed E-state index contributed by atoms with van der Waals surface area (Å²) < 4.78 is 4.68. The Bertz CT molecular complexity index is 378. The van der Waals surface area contributed by atoms with Crippen molar-refractivity contribution in [1.29, 1.82) is 0 Å². The van der Waals surface area contributed by atoms with Crippen LogP contribution >= 0.6 is 0 Å². The fourth-order valence-corrected chi connectivity index (χ4v) is 2.41. The van der Waals surface area contributed by atoms with Crippen LogP contribution in [-0.4, -0.2) is 24.6 Å². The maximum absolute atomic E-state index is 12.0. The molecule has 18 heavy (non-hydrogen) atoms. The van der Waals surface area contributed by atoms with Gasteiger partial charge in [-0.3, -0.25) is 14.4 Å². The van der Waals surface area contributed by atoms with Crippen LogP contribution in [0.15, 0.2) is 0 Å². The average molecular weight is 250 g/mol. The lowest BCUT2D eigenvalue weighted by Crippen LogP contribution is -2.35. The van der Waals surface area contributed by atoms with Crippen LogP contribution in [0.2, 0.25) is 0 Å². The molecule has 0 aromatic carbocycles. The number of ether oxygens (including phenoxy) is 1. The van der Waals surface area contributed by atoms with Gasteiger partial charge in [-0.25, -0.2) is 0 Å². The fraction of sp³-hybridized carbons (Fsp3) is 0.643. The number of rotatable bonds is 5. The highest BCUT2D eigenvalue weighted by Gasteiger charge is 2.37. The van der Waals surface area contributed by atoms with Gasteiger partial charge in [-0.1, -0.05) is 0 Å². The molecule has 0 amide bonds. The molecule has 0 saturated heterocycles. The van der Waals surface area contributed by atoms with Gasteiger partial charge in [0.05, 0.1) is 7.11 Å². The summed E-state index contributed by atoms with van der Waals surface area (Å²) >= 11 is 0. The van der Waals surface area contributed by atoms with E-state index in [1.165, 1.54) is 7.11 Å². The maximum Gasteiger partial charge on any atom is 0.316 e. The van der Waals surface area contributed by atoms with Crippen LogP contribution in [0.1, 0.15) is 38.5 Å². The monoisotopic (exact) mass is 250 g/mol. The Morgan fingerprint density at radius 2 is 2.28 bits per heavy atom. The molecule has 1 unspecified atom stereocenters. The number of ketones is 2. The smallest absolute Gasteiger partial charge is 0.316 e. The summed E-state index contributed by atoms with van der Waals surface area (Å²) in [6.07, 6.45) is 7.88. The Balaban J connectivity index is 2.77. The number of methoxy groups -OCH3 is 1. The highest BCUT2D eigenvalue weighted by molar-refractivity contribution is 6.00. The maximum atomic E-state index is 12.0. The minimum Gasteiger partial charge on any atom is -0.468 e. The molecule has 0 aromatic heterocycles. The van der Waals surface area contributed by atoms with E-state index in [1.54, 1.807) is 0 Å². The standard InChI is InChI=1S/C14H18O4/c1-3-4-8-12(16)13(14(17)18-2)10-6-5-7-11(15)9-10/h1,10,13H,4-9H2,2H3/t10-,13?/m0/s1. The molecule has 0 aromatic rings. The summed E-state index contributed by atoms with van der Waals surface area (Å²) in [5.74, 6) is 0.700. The summed E-state index contributed by atoms with van der Waals surface area (Å²) in [7, 11) is 1.26. The van der Waals surface area contributed by atoms with E-state index in [9.17, 15) is 14.4 Å². The third-order valence-corrected chi connectivity index (χ3v) is 3.31. The number of Topliss-reactive ketones (excluding diaryl/α,β-unsaturated/α-hetero) is 2. The van der Waals surface area contributed by atoms with Crippen LogP contribution in [0, 0.1) is 24.2 Å². The SMILES string of the molecule is C#CCCC(=O)C(C(=O)OC)[C@H]1CCCC(=O)C1. The minimum atomic E-state index is -0.826. The molecule has 1 fully saturated rings. The first kappa shape index (κ1) is 14.4. The highest BCUT2D eigenvalue weighted by atomic mass is 16.5. The second-order valence-electron chi connectivity index (χ2n) is 4.57. The molecule has 2 atom stereocenters. The molecule has 4 heteroatoms. The number of carbonyl (C=O) groups excluding carboxylic acids is 3. The van der Waals surface area contributed by atoms with Crippen molar-refractivity contribution in [1.82, 2.24) is 0 Å². The van der Waals surface area contributed by atoms with Gasteiger partial charge in [0.2, 0.25) is 0 Å². The lowest BCUT2D eigenvalue weighted by Gasteiger charge is -2.26. The van der Waals surface area contributed by atoms with E-state index in [0.29, 0.717) is 25.7 Å². The van der Waals surface area contributed by atoms with Gasteiger partial charge >= 0.3 is 5.97 Å². The number of hydrogen-bond donors (Lipinski definition) is 0. The van der Waals surface area contributed by atoms with E-state index in [-0.39, 0.29) is 23.9 Å². The second kappa shape index (κ2) is 6.95. The summed E-state index contributed by atoms with van der Waals surface area (Å²) in [5, 5.41) is 0. The van der Waals surface area contributed by atoms with Crippen molar-refractivity contribution in [3.63, 3.8) is 0 Å². The first-order valence-electron chi connectivity index (χ1n) is 6.15. The molecule has 1 saturated carbocycles. The Hall–Kier alpha value is -1.63. The van der Waals surface area contributed by atoms with Crippen molar-refractivity contribution in [3.05, 3.63) is 0 Å². The van der Waals surface area contributed by atoms with Crippen molar-refractivity contribution in [2.24, 2.45) is 11.8 Å². The van der Waals surface area contributed by atoms with Crippen LogP contribution in [0.3, 0.4) is 0 Å². The van der Waals surface area contributed by atoms with Crippen LogP contribution < -0.4 is 0 Å². The predicted molar refractivity (Wildman–Crippen MR) is 65.5 cm³/mol. The quantitative estimate of drug-likeness (QED) is 0.421. The molecule has 0 N–H and O–H groups in total. The van der Waals surface area contributed by atoms with Crippen molar-refractivity contribution in [3.8, 4) is 12.3 Å². The first-order chi connectivity index (χ1) is 8.60. The van der Waals surface area contributed by atoms with E-state index in [0.717, 1.165) is 6.42 Å². The zero-order chi connectivity index (χ0) is 13.5. The van der Waals surface area contributed by atoms with Crippen molar-refractivity contribution in [2.75, 3.05) is 7.11 Å². The lowest BCUT2D eigenvalue weighted by molar-refractivity contribution is -0.152. The number of esters is 1. The molecular weight excluding hydrogens is 232 g/mol. The fourth-order valence-electron chi connectivity index (χ4n) is 2.41. The zero-order valence-electron chi connectivity index (χ0n) is 10.6. The topological polar surface area (TPSA) is 60.4 Å². The molecular formula is C14H18O4. The van der Waals surface area contributed by atoms with E-state index in [1.807, 2.05) is 0 Å². The summed E-state index contributed by atoms with van der Waals surface area (Å²) in [6, 6.07) is 0. The minimum absolute atomic E-state index is 0.116. The molecule has 0 radical (unpaired) electrons. The molecule has 4 nitrogen and oxygen atoms in total. The highest BCUT2D eigenvalue weighted by Crippen LogP contribution is 2.30. The van der Waals surface area contributed by atoms with Crippen LogP contribution in [0.5, 0.6) is 0 Å². The summed E-state index contributed by atoms with van der Waals surface area (Å²) in [4.78, 5) is 35.1. The van der Waals surface area contributed by atoms with E-state index >= 15 is 0 Å². The van der Waals surface area contributed by atoms with Gasteiger partial charge in [-0.15, -0.1) is 12.3 Å². The Labute approximate surface area is 107 Å². The number of carbonyl (C=O) groups is 3. The van der Waals surface area contributed by atoms with Crippen LogP contribution in [0.4, 0.5) is 0 Å².